The molecule has 2 N–H and O–H groups in total. The lowest BCUT2D eigenvalue weighted by atomic mass is 10.0. The Balaban J connectivity index is 1.74. The number of aliphatic hydroxyl groups is 1. The summed E-state index contributed by atoms with van der Waals surface area (Å²) in [5.41, 5.74) is 3.83. The maximum Gasteiger partial charge on any atom is 0.262 e. The zero-order valence-corrected chi connectivity index (χ0v) is 16.0. The fourth-order valence-electron chi connectivity index (χ4n) is 3.54. The second-order valence-corrected chi connectivity index (χ2v) is 6.98. The van der Waals surface area contributed by atoms with Crippen LogP contribution in [-0.4, -0.2) is 31.2 Å². The molecule has 0 aliphatic carbocycles. The number of hydrogen-bond donors (Lipinski definition) is 2. The van der Waals surface area contributed by atoms with E-state index in [1.54, 1.807) is 23.1 Å². The molecule has 0 aromatic heterocycles. The Labute approximate surface area is 169 Å². The van der Waals surface area contributed by atoms with Gasteiger partial charge in [-0.1, -0.05) is 24.3 Å². The van der Waals surface area contributed by atoms with Gasteiger partial charge in [-0.25, -0.2) is 4.39 Å². The van der Waals surface area contributed by atoms with E-state index in [2.05, 4.69) is 5.32 Å². The second-order valence-electron chi connectivity index (χ2n) is 6.98. The minimum Gasteiger partial charge on any atom is -0.395 e. The van der Waals surface area contributed by atoms with E-state index in [1.165, 1.54) is 12.1 Å². The zero-order chi connectivity index (χ0) is 20.4. The predicted octanol–water partition coefficient (Wildman–Crippen LogP) is 4.03. The van der Waals surface area contributed by atoms with Gasteiger partial charge in [-0.15, -0.1) is 0 Å². The number of carbonyl (C=O) groups excluding carboxylic acids is 1. The molecule has 1 heterocycles. The van der Waals surface area contributed by atoms with E-state index in [1.807, 2.05) is 54.4 Å². The highest BCUT2D eigenvalue weighted by molar-refractivity contribution is 6.12. The van der Waals surface area contributed by atoms with Crippen molar-refractivity contribution in [3.63, 3.8) is 0 Å². The molecule has 0 unspecified atom stereocenters. The van der Waals surface area contributed by atoms with E-state index in [9.17, 15) is 9.18 Å². The molecule has 1 aliphatic heterocycles. The first-order chi connectivity index (χ1) is 14.1. The molecule has 4 rings (SSSR count). The summed E-state index contributed by atoms with van der Waals surface area (Å²) < 4.78 is 13.5. The van der Waals surface area contributed by atoms with Crippen molar-refractivity contribution in [1.29, 1.82) is 0 Å². The normalized spacial score (nSPS) is 15.6. The molecule has 1 amide bonds. The maximum absolute atomic E-state index is 13.5. The number of halogens is 1. The van der Waals surface area contributed by atoms with Gasteiger partial charge < -0.3 is 15.3 Å². The van der Waals surface area contributed by atoms with E-state index in [-0.39, 0.29) is 18.3 Å². The van der Waals surface area contributed by atoms with Crippen molar-refractivity contribution >= 4 is 23.0 Å². The van der Waals surface area contributed by atoms with Gasteiger partial charge >= 0.3 is 0 Å². The van der Waals surface area contributed by atoms with Gasteiger partial charge in [0, 0.05) is 30.7 Å². The van der Waals surface area contributed by atoms with Crippen LogP contribution in [0.1, 0.15) is 22.1 Å². The largest absolute Gasteiger partial charge is 0.395 e. The Morgan fingerprint density at radius 1 is 1.03 bits per heavy atom. The monoisotopic (exact) mass is 391 g/mol. The number of rotatable bonds is 5. The van der Waals surface area contributed by atoms with Crippen molar-refractivity contribution in [3.05, 3.63) is 89.7 Å². The van der Waals surface area contributed by atoms with Gasteiger partial charge in [0.25, 0.3) is 5.91 Å². The standard InChI is InChI=1S/C23H22FN3O2/c1-26(14-15-28)18-10-6-16(7-11-18)22-25-21-5-3-2-4-20(21)23(29)27(22)19-12-8-17(24)9-13-19/h2-13,22,25,28H,14-15H2,1H3/t22-/m0/s1. The summed E-state index contributed by atoms with van der Waals surface area (Å²) in [6.07, 6.45) is -0.431. The second kappa shape index (κ2) is 7.93. The molecule has 0 saturated heterocycles. The van der Waals surface area contributed by atoms with E-state index in [0.29, 0.717) is 17.8 Å². The highest BCUT2D eigenvalue weighted by Crippen LogP contribution is 2.37. The molecule has 0 fully saturated rings. The summed E-state index contributed by atoms with van der Waals surface area (Å²) in [7, 11) is 1.91. The lowest BCUT2D eigenvalue weighted by Gasteiger charge is -2.38. The molecular formula is C23H22FN3O2. The van der Waals surface area contributed by atoms with E-state index >= 15 is 0 Å². The molecule has 6 heteroatoms. The number of para-hydroxylation sites is 1. The molecule has 29 heavy (non-hydrogen) atoms. The minimum absolute atomic E-state index is 0.0755. The van der Waals surface area contributed by atoms with Crippen molar-refractivity contribution in [2.24, 2.45) is 0 Å². The van der Waals surface area contributed by atoms with Crippen LogP contribution in [0.4, 0.5) is 21.5 Å². The van der Waals surface area contributed by atoms with Crippen LogP contribution in [-0.2, 0) is 0 Å². The van der Waals surface area contributed by atoms with Crippen LogP contribution in [0.5, 0.6) is 0 Å². The SMILES string of the molecule is CN(CCO)c1ccc([C@H]2Nc3ccccc3C(=O)N2c2ccc(F)cc2)cc1. The quantitative estimate of drug-likeness (QED) is 0.690. The molecule has 3 aromatic carbocycles. The van der Waals surface area contributed by atoms with Crippen molar-refractivity contribution in [2.75, 3.05) is 35.3 Å². The first kappa shape index (κ1) is 19.0. The highest BCUT2D eigenvalue weighted by atomic mass is 19.1. The third-order valence-electron chi connectivity index (χ3n) is 5.12. The predicted molar refractivity (Wildman–Crippen MR) is 113 cm³/mol. The summed E-state index contributed by atoms with van der Waals surface area (Å²) >= 11 is 0. The number of fused-ring (bicyclic) bond motifs is 1. The molecule has 0 radical (unpaired) electrons. The first-order valence-corrected chi connectivity index (χ1v) is 9.45. The number of amides is 1. The van der Waals surface area contributed by atoms with Gasteiger partial charge in [0.05, 0.1) is 12.2 Å². The average Bonchev–Trinajstić information content (AvgIpc) is 2.75. The summed E-state index contributed by atoms with van der Waals surface area (Å²) in [5.74, 6) is -0.489. The molecule has 148 valence electrons. The summed E-state index contributed by atoms with van der Waals surface area (Å²) in [4.78, 5) is 16.9. The fraction of sp³-hybridized carbons (Fsp3) is 0.174. The fourth-order valence-corrected chi connectivity index (χ4v) is 3.54. The average molecular weight is 391 g/mol. The van der Waals surface area contributed by atoms with Gasteiger partial charge in [0.15, 0.2) is 0 Å². The Morgan fingerprint density at radius 3 is 2.41 bits per heavy atom. The molecular weight excluding hydrogens is 369 g/mol. The maximum atomic E-state index is 13.5. The van der Waals surface area contributed by atoms with Gasteiger partial charge in [-0.3, -0.25) is 9.69 Å². The topological polar surface area (TPSA) is 55.8 Å². The van der Waals surface area contributed by atoms with Crippen molar-refractivity contribution < 1.29 is 14.3 Å². The number of hydrogen-bond acceptors (Lipinski definition) is 4. The van der Waals surface area contributed by atoms with Crippen LogP contribution in [0.15, 0.2) is 72.8 Å². The molecule has 3 aromatic rings. The number of nitrogens with zero attached hydrogens (tertiary/aromatic N) is 2. The Hall–Kier alpha value is -3.38. The van der Waals surface area contributed by atoms with Crippen LogP contribution in [0.25, 0.3) is 0 Å². The van der Waals surface area contributed by atoms with Crippen LogP contribution in [0.3, 0.4) is 0 Å². The van der Waals surface area contributed by atoms with Gasteiger partial charge in [0.1, 0.15) is 12.0 Å². The van der Waals surface area contributed by atoms with Crippen LogP contribution >= 0.6 is 0 Å². The minimum atomic E-state index is -0.431. The van der Waals surface area contributed by atoms with Gasteiger partial charge in [-0.2, -0.15) is 0 Å². The van der Waals surface area contributed by atoms with E-state index in [4.69, 9.17) is 5.11 Å². The van der Waals surface area contributed by atoms with E-state index < -0.39 is 6.17 Å². The Bertz CT molecular complexity index is 1010. The van der Waals surface area contributed by atoms with Crippen molar-refractivity contribution in [3.8, 4) is 0 Å². The lowest BCUT2D eigenvalue weighted by Crippen LogP contribution is -2.43. The number of anilines is 3. The van der Waals surface area contributed by atoms with Crippen LogP contribution < -0.4 is 15.1 Å². The third-order valence-corrected chi connectivity index (χ3v) is 5.12. The molecule has 0 bridgehead atoms. The Morgan fingerprint density at radius 2 is 1.72 bits per heavy atom. The van der Waals surface area contributed by atoms with Crippen LogP contribution in [0.2, 0.25) is 0 Å². The summed E-state index contributed by atoms with van der Waals surface area (Å²) in [5, 5.41) is 12.6. The molecule has 5 nitrogen and oxygen atoms in total. The van der Waals surface area contributed by atoms with Gasteiger partial charge in [0.2, 0.25) is 0 Å². The van der Waals surface area contributed by atoms with Crippen molar-refractivity contribution in [1.82, 2.24) is 0 Å². The molecule has 0 saturated carbocycles. The van der Waals surface area contributed by atoms with Gasteiger partial charge in [-0.05, 0) is 54.1 Å². The highest BCUT2D eigenvalue weighted by Gasteiger charge is 2.34. The smallest absolute Gasteiger partial charge is 0.262 e. The lowest BCUT2D eigenvalue weighted by molar-refractivity contribution is 0.0975. The van der Waals surface area contributed by atoms with E-state index in [0.717, 1.165) is 16.9 Å². The number of nitrogens with one attached hydrogen (secondary N) is 1. The van der Waals surface area contributed by atoms with Crippen LogP contribution in [0, 0.1) is 5.82 Å². The summed E-state index contributed by atoms with van der Waals surface area (Å²) in [6, 6.07) is 21.1. The number of likely N-dealkylation sites (N-methyl/N-ethyl adjacent to an activating group) is 1. The number of aliphatic hydroxyl groups excluding tert-OH is 1. The summed E-state index contributed by atoms with van der Waals surface area (Å²) in [6.45, 7) is 0.612. The molecule has 1 aliphatic rings. The van der Waals surface area contributed by atoms with Crippen molar-refractivity contribution in [2.45, 2.75) is 6.17 Å². The molecule has 1 atom stereocenters. The first-order valence-electron chi connectivity index (χ1n) is 9.45. The molecule has 0 spiro atoms. The number of carbonyl (C=O) groups is 1. The number of benzene rings is 3. The zero-order valence-electron chi connectivity index (χ0n) is 16.0. The third kappa shape index (κ3) is 3.67. The Kier molecular flexibility index (Phi) is 5.18.